The summed E-state index contributed by atoms with van der Waals surface area (Å²) in [5, 5.41) is 9.04. The average Bonchev–Trinajstić information content (AvgIpc) is 2.03. The third-order valence-electron chi connectivity index (χ3n) is 1.20. The number of carboxylic acids is 1. The van der Waals surface area contributed by atoms with Gasteiger partial charge in [-0.15, -0.1) is 11.8 Å². The summed E-state index contributed by atoms with van der Waals surface area (Å²) in [5.74, 6) is -0.955. The van der Waals surface area contributed by atoms with Gasteiger partial charge in [-0.2, -0.15) is 0 Å². The van der Waals surface area contributed by atoms with Crippen molar-refractivity contribution in [1.82, 2.24) is 9.97 Å². The Balaban J connectivity index is 3.20. The molecule has 1 rings (SSSR count). The quantitative estimate of drug-likeness (QED) is 0.514. The van der Waals surface area contributed by atoms with Crippen LogP contribution in [0.25, 0.3) is 0 Å². The van der Waals surface area contributed by atoms with Crippen LogP contribution in [0, 0.1) is 0 Å². The molecule has 0 aliphatic heterocycles. The lowest BCUT2D eigenvalue weighted by Gasteiger charge is -2.00. The predicted molar refractivity (Wildman–Crippen MR) is 45.2 cm³/mol. The number of nitrogens with two attached hydrogens (primary N) is 1. The molecule has 0 unspecified atom stereocenters. The van der Waals surface area contributed by atoms with E-state index < -0.39 is 5.97 Å². The Labute approximate surface area is 73.0 Å². The zero-order valence-corrected chi connectivity index (χ0v) is 7.13. The fourth-order valence-corrected chi connectivity index (χ4v) is 1.23. The highest BCUT2D eigenvalue weighted by Gasteiger charge is 2.11. The van der Waals surface area contributed by atoms with Crippen LogP contribution in [0.15, 0.2) is 11.2 Å². The van der Waals surface area contributed by atoms with E-state index in [0.29, 0.717) is 5.03 Å². The lowest BCUT2D eigenvalue weighted by atomic mass is 10.3. The van der Waals surface area contributed by atoms with E-state index >= 15 is 0 Å². The molecule has 3 N–H and O–H groups in total. The number of carboxylic acid groups (broad SMARTS) is 1. The van der Waals surface area contributed by atoms with Crippen LogP contribution < -0.4 is 5.73 Å². The minimum atomic E-state index is -1.04. The van der Waals surface area contributed by atoms with Gasteiger partial charge in [0.05, 0.1) is 0 Å². The van der Waals surface area contributed by atoms with Crippen molar-refractivity contribution < 1.29 is 9.90 Å². The van der Waals surface area contributed by atoms with Crippen molar-refractivity contribution >= 4 is 23.7 Å². The van der Waals surface area contributed by atoms with Gasteiger partial charge in [-0.1, -0.05) is 0 Å². The second-order valence-corrected chi connectivity index (χ2v) is 2.75. The van der Waals surface area contributed by atoms with E-state index in [1.165, 1.54) is 18.0 Å². The van der Waals surface area contributed by atoms with Crippen molar-refractivity contribution in [2.75, 3.05) is 12.0 Å². The first-order chi connectivity index (χ1) is 5.65. The Morgan fingerprint density at radius 1 is 1.75 bits per heavy atom. The zero-order chi connectivity index (χ0) is 9.14. The number of hydrogen-bond donors (Lipinski definition) is 2. The maximum atomic E-state index is 10.6. The zero-order valence-electron chi connectivity index (χ0n) is 6.31. The molecule has 1 heterocycles. The molecule has 64 valence electrons. The van der Waals surface area contributed by atoms with Crippen molar-refractivity contribution in [3.05, 3.63) is 11.8 Å². The molecule has 0 spiro atoms. The number of carbonyl (C=O) groups is 1. The Hall–Kier alpha value is -1.30. The molecule has 12 heavy (non-hydrogen) atoms. The van der Waals surface area contributed by atoms with Crippen molar-refractivity contribution in [3.8, 4) is 0 Å². The van der Waals surface area contributed by atoms with Crippen molar-refractivity contribution in [1.29, 1.82) is 0 Å². The highest BCUT2D eigenvalue weighted by Crippen LogP contribution is 2.17. The van der Waals surface area contributed by atoms with Gasteiger partial charge in [-0.25, -0.2) is 14.8 Å². The number of hydrogen-bond acceptors (Lipinski definition) is 5. The van der Waals surface area contributed by atoms with Gasteiger partial charge in [-0.05, 0) is 6.26 Å². The van der Waals surface area contributed by atoms with E-state index in [1.54, 1.807) is 6.26 Å². The summed E-state index contributed by atoms with van der Waals surface area (Å²) in [6.07, 6.45) is 2.94. The number of rotatable bonds is 2. The molecule has 0 radical (unpaired) electrons. The lowest BCUT2D eigenvalue weighted by molar-refractivity contribution is 0.0692. The highest BCUT2D eigenvalue weighted by atomic mass is 32.2. The average molecular weight is 185 g/mol. The number of nitrogen functional groups attached to an aromatic ring is 1. The minimum absolute atomic E-state index is 0.0803. The molecule has 0 aliphatic rings. The molecule has 5 nitrogen and oxygen atoms in total. The SMILES string of the molecule is CSc1nc(N)ncc1C(=O)O. The Kier molecular flexibility index (Phi) is 2.49. The maximum Gasteiger partial charge on any atom is 0.340 e. The molecule has 1 aromatic rings. The van der Waals surface area contributed by atoms with Gasteiger partial charge in [0.1, 0.15) is 10.6 Å². The molecule has 0 saturated carbocycles. The van der Waals surface area contributed by atoms with Crippen molar-refractivity contribution in [3.63, 3.8) is 0 Å². The van der Waals surface area contributed by atoms with Gasteiger partial charge in [0.15, 0.2) is 0 Å². The molecule has 0 amide bonds. The van der Waals surface area contributed by atoms with Gasteiger partial charge < -0.3 is 10.8 Å². The minimum Gasteiger partial charge on any atom is -0.478 e. The third kappa shape index (κ3) is 1.65. The van der Waals surface area contributed by atoms with E-state index in [-0.39, 0.29) is 11.5 Å². The van der Waals surface area contributed by atoms with Gasteiger partial charge in [0.2, 0.25) is 5.95 Å². The van der Waals surface area contributed by atoms with Crippen LogP contribution in [-0.2, 0) is 0 Å². The number of aromatic nitrogens is 2. The molecule has 0 aromatic carbocycles. The summed E-state index contributed by atoms with van der Waals surface area (Å²) in [6.45, 7) is 0. The first-order valence-electron chi connectivity index (χ1n) is 3.05. The van der Waals surface area contributed by atoms with Crippen molar-refractivity contribution in [2.24, 2.45) is 0 Å². The summed E-state index contributed by atoms with van der Waals surface area (Å²) in [4.78, 5) is 17.9. The van der Waals surface area contributed by atoms with Gasteiger partial charge in [-0.3, -0.25) is 0 Å². The molecule has 0 bridgehead atoms. The third-order valence-corrected chi connectivity index (χ3v) is 1.89. The van der Waals surface area contributed by atoms with Gasteiger partial charge in [0, 0.05) is 6.20 Å². The molecule has 0 atom stereocenters. The second kappa shape index (κ2) is 3.40. The fourth-order valence-electron chi connectivity index (χ4n) is 0.681. The van der Waals surface area contributed by atoms with Gasteiger partial charge >= 0.3 is 5.97 Å². The first-order valence-corrected chi connectivity index (χ1v) is 4.27. The summed E-state index contributed by atoms with van der Waals surface area (Å²) < 4.78 is 0. The normalized spacial score (nSPS) is 9.75. The standard InChI is InChI=1S/C6H7N3O2S/c1-12-4-3(5(10)11)2-8-6(7)9-4/h2H,1H3,(H,10,11)(H2,7,8,9). The topological polar surface area (TPSA) is 89.1 Å². The Morgan fingerprint density at radius 3 is 2.92 bits per heavy atom. The van der Waals surface area contributed by atoms with E-state index in [4.69, 9.17) is 10.8 Å². The van der Waals surface area contributed by atoms with Crippen LogP contribution in [-0.4, -0.2) is 27.3 Å². The maximum absolute atomic E-state index is 10.6. The summed E-state index contributed by atoms with van der Waals surface area (Å²) >= 11 is 1.23. The van der Waals surface area contributed by atoms with E-state index in [2.05, 4.69) is 9.97 Å². The van der Waals surface area contributed by atoms with Crippen LogP contribution in [0.1, 0.15) is 10.4 Å². The van der Waals surface area contributed by atoms with Crippen LogP contribution in [0.3, 0.4) is 0 Å². The Bertz CT molecular complexity index is 316. The summed E-state index contributed by atoms with van der Waals surface area (Å²) in [7, 11) is 0. The van der Waals surface area contributed by atoms with E-state index in [0.717, 1.165) is 0 Å². The molecule has 0 saturated heterocycles. The van der Waals surface area contributed by atoms with Crippen LogP contribution >= 0.6 is 11.8 Å². The molecule has 1 aromatic heterocycles. The highest BCUT2D eigenvalue weighted by molar-refractivity contribution is 7.98. The molecule has 0 fully saturated rings. The molecular formula is C6H7N3O2S. The summed E-state index contributed by atoms with van der Waals surface area (Å²) in [6, 6.07) is 0. The smallest absolute Gasteiger partial charge is 0.340 e. The monoisotopic (exact) mass is 185 g/mol. The van der Waals surface area contributed by atoms with Crippen LogP contribution in [0.2, 0.25) is 0 Å². The number of aromatic carboxylic acids is 1. The fraction of sp³-hybridized carbons (Fsp3) is 0.167. The molecular weight excluding hydrogens is 178 g/mol. The first kappa shape index (κ1) is 8.79. The van der Waals surface area contributed by atoms with E-state index in [9.17, 15) is 4.79 Å². The number of nitrogens with zero attached hydrogens (tertiary/aromatic N) is 2. The Morgan fingerprint density at radius 2 is 2.42 bits per heavy atom. The molecule has 6 heteroatoms. The number of anilines is 1. The van der Waals surface area contributed by atoms with Gasteiger partial charge in [0.25, 0.3) is 0 Å². The number of thioether (sulfide) groups is 1. The summed E-state index contributed by atoms with van der Waals surface area (Å²) in [5.41, 5.74) is 5.35. The van der Waals surface area contributed by atoms with Crippen molar-refractivity contribution in [2.45, 2.75) is 5.03 Å². The largest absolute Gasteiger partial charge is 0.478 e. The van der Waals surface area contributed by atoms with E-state index in [1.807, 2.05) is 0 Å². The molecule has 0 aliphatic carbocycles. The predicted octanol–water partition coefficient (Wildman–Crippen LogP) is 0.479. The van der Waals surface area contributed by atoms with Crippen LogP contribution in [0.5, 0.6) is 0 Å². The van der Waals surface area contributed by atoms with Crippen LogP contribution in [0.4, 0.5) is 5.95 Å². The second-order valence-electron chi connectivity index (χ2n) is 1.96. The lowest BCUT2D eigenvalue weighted by Crippen LogP contribution is -2.04.